The fourth-order valence-corrected chi connectivity index (χ4v) is 2.33. The summed E-state index contributed by atoms with van der Waals surface area (Å²) in [6.07, 6.45) is 6.12. The third-order valence-corrected chi connectivity index (χ3v) is 3.43. The van der Waals surface area contributed by atoms with Crippen molar-refractivity contribution in [3.05, 3.63) is 35.9 Å². The normalized spacial score (nSPS) is 17.2. The van der Waals surface area contributed by atoms with Gasteiger partial charge in [0.05, 0.1) is 25.4 Å². The summed E-state index contributed by atoms with van der Waals surface area (Å²) in [5, 5.41) is 9.23. The van der Waals surface area contributed by atoms with Crippen LogP contribution in [0.15, 0.2) is 30.3 Å². The molecule has 3 nitrogen and oxygen atoms in total. The molecule has 0 aliphatic carbocycles. The fraction of sp³-hybridized carbons (Fsp3) is 0.467. The minimum atomic E-state index is -0.0900. The number of benzene rings is 1. The molecule has 3 heteroatoms. The zero-order valence-electron chi connectivity index (χ0n) is 10.5. The topological polar surface area (TPSA) is 32.7 Å². The number of terminal acetylenes is 1. The molecule has 0 radical (unpaired) electrons. The zero-order valence-corrected chi connectivity index (χ0v) is 10.5. The lowest BCUT2D eigenvalue weighted by Crippen LogP contribution is -2.62. The Morgan fingerprint density at radius 1 is 1.33 bits per heavy atom. The lowest BCUT2D eigenvalue weighted by atomic mass is 9.90. The lowest BCUT2D eigenvalue weighted by molar-refractivity contribution is -0.143. The van der Waals surface area contributed by atoms with Gasteiger partial charge >= 0.3 is 0 Å². The molecule has 0 saturated carbocycles. The maximum Gasteiger partial charge on any atom is 0.0792 e. The van der Waals surface area contributed by atoms with Crippen LogP contribution in [0.3, 0.4) is 0 Å². The van der Waals surface area contributed by atoms with Crippen molar-refractivity contribution in [3.8, 4) is 12.3 Å². The van der Waals surface area contributed by atoms with Crippen LogP contribution in [0.1, 0.15) is 12.0 Å². The van der Waals surface area contributed by atoms with Gasteiger partial charge in [-0.05, 0) is 5.56 Å². The van der Waals surface area contributed by atoms with E-state index in [4.69, 9.17) is 11.2 Å². The Morgan fingerprint density at radius 2 is 2.06 bits per heavy atom. The molecular formula is C15H19NO2. The Labute approximate surface area is 108 Å². The molecule has 0 atom stereocenters. The second kappa shape index (κ2) is 6.01. The Kier molecular flexibility index (Phi) is 4.38. The Hall–Kier alpha value is -1.34. The third kappa shape index (κ3) is 2.73. The molecule has 1 heterocycles. The standard InChI is InChI=1S/C15H19NO2/c1-2-8-15(12-18-13-15)16(9-10-17)11-14-6-4-3-5-7-14/h1,3-7,17H,8-13H2. The van der Waals surface area contributed by atoms with E-state index in [-0.39, 0.29) is 12.1 Å². The first-order valence-corrected chi connectivity index (χ1v) is 6.22. The first kappa shape index (κ1) is 13.1. The van der Waals surface area contributed by atoms with E-state index in [1.54, 1.807) is 0 Å². The highest BCUT2D eigenvalue weighted by Gasteiger charge is 2.43. The van der Waals surface area contributed by atoms with E-state index < -0.39 is 0 Å². The van der Waals surface area contributed by atoms with Crippen molar-refractivity contribution in [1.82, 2.24) is 4.90 Å². The molecule has 0 unspecified atom stereocenters. The van der Waals surface area contributed by atoms with Crippen molar-refractivity contribution >= 4 is 0 Å². The van der Waals surface area contributed by atoms with Gasteiger partial charge in [0.15, 0.2) is 0 Å². The maximum atomic E-state index is 9.23. The summed E-state index contributed by atoms with van der Waals surface area (Å²) in [5.74, 6) is 2.73. The molecule has 1 aromatic carbocycles. The minimum absolute atomic E-state index is 0.0900. The van der Waals surface area contributed by atoms with Crippen molar-refractivity contribution in [2.24, 2.45) is 0 Å². The highest BCUT2D eigenvalue weighted by molar-refractivity contribution is 5.16. The van der Waals surface area contributed by atoms with Gasteiger partial charge in [0.1, 0.15) is 0 Å². The third-order valence-electron chi connectivity index (χ3n) is 3.43. The number of β-amino-alcohol motifs (C(OH)–C–C–N with tert-alkyl or cyclic N) is 1. The molecule has 1 N–H and O–H groups in total. The maximum absolute atomic E-state index is 9.23. The van der Waals surface area contributed by atoms with E-state index in [0.717, 1.165) is 6.54 Å². The summed E-state index contributed by atoms with van der Waals surface area (Å²) in [4.78, 5) is 2.24. The van der Waals surface area contributed by atoms with Gasteiger partial charge in [0.25, 0.3) is 0 Å². The minimum Gasteiger partial charge on any atom is -0.395 e. The van der Waals surface area contributed by atoms with Crippen molar-refractivity contribution in [3.63, 3.8) is 0 Å². The number of ether oxygens (including phenoxy) is 1. The molecule has 96 valence electrons. The van der Waals surface area contributed by atoms with Crippen LogP contribution in [0, 0.1) is 12.3 Å². The molecule has 1 saturated heterocycles. The highest BCUT2D eigenvalue weighted by Crippen LogP contribution is 2.29. The Morgan fingerprint density at radius 3 is 2.56 bits per heavy atom. The molecule has 1 aliphatic rings. The molecule has 18 heavy (non-hydrogen) atoms. The van der Waals surface area contributed by atoms with E-state index in [0.29, 0.717) is 26.2 Å². The van der Waals surface area contributed by atoms with Crippen molar-refractivity contribution < 1.29 is 9.84 Å². The van der Waals surface area contributed by atoms with Gasteiger partial charge in [0.2, 0.25) is 0 Å². The predicted octanol–water partition coefficient (Wildman–Crippen LogP) is 1.27. The quantitative estimate of drug-likeness (QED) is 0.766. The lowest BCUT2D eigenvalue weighted by Gasteiger charge is -2.48. The Balaban J connectivity index is 2.10. The molecule has 0 amide bonds. The molecule has 0 bridgehead atoms. The van der Waals surface area contributed by atoms with E-state index in [2.05, 4.69) is 23.0 Å². The number of aliphatic hydroxyl groups excluding tert-OH is 1. The fourth-order valence-electron chi connectivity index (χ4n) is 2.33. The smallest absolute Gasteiger partial charge is 0.0792 e. The summed E-state index contributed by atoms with van der Waals surface area (Å²) >= 11 is 0. The van der Waals surface area contributed by atoms with Crippen LogP contribution in [-0.4, -0.2) is 41.9 Å². The van der Waals surface area contributed by atoms with Crippen LogP contribution >= 0.6 is 0 Å². The van der Waals surface area contributed by atoms with Crippen LogP contribution in [0.2, 0.25) is 0 Å². The monoisotopic (exact) mass is 245 g/mol. The van der Waals surface area contributed by atoms with E-state index in [1.165, 1.54) is 5.56 Å². The van der Waals surface area contributed by atoms with Crippen molar-refractivity contribution in [1.29, 1.82) is 0 Å². The average Bonchev–Trinajstić information content (AvgIpc) is 2.35. The van der Waals surface area contributed by atoms with Crippen molar-refractivity contribution in [2.75, 3.05) is 26.4 Å². The summed E-state index contributed by atoms with van der Waals surface area (Å²) in [6.45, 7) is 2.87. The van der Waals surface area contributed by atoms with Crippen LogP contribution in [0.25, 0.3) is 0 Å². The van der Waals surface area contributed by atoms with Gasteiger partial charge in [-0.25, -0.2) is 0 Å². The van der Waals surface area contributed by atoms with E-state index in [1.807, 2.05) is 18.2 Å². The van der Waals surface area contributed by atoms with Crippen LogP contribution in [-0.2, 0) is 11.3 Å². The first-order valence-electron chi connectivity index (χ1n) is 6.22. The summed E-state index contributed by atoms with van der Waals surface area (Å²) < 4.78 is 5.34. The number of hydrogen-bond donors (Lipinski definition) is 1. The molecule has 1 aliphatic heterocycles. The molecule has 1 fully saturated rings. The van der Waals surface area contributed by atoms with Gasteiger partial charge in [-0.3, -0.25) is 4.90 Å². The number of nitrogens with zero attached hydrogens (tertiary/aromatic N) is 1. The molecular weight excluding hydrogens is 226 g/mol. The Bertz CT molecular complexity index is 406. The van der Waals surface area contributed by atoms with Crippen molar-refractivity contribution in [2.45, 2.75) is 18.5 Å². The highest BCUT2D eigenvalue weighted by atomic mass is 16.5. The summed E-state index contributed by atoms with van der Waals surface area (Å²) in [5.41, 5.74) is 1.14. The molecule has 1 aromatic rings. The van der Waals surface area contributed by atoms with Gasteiger partial charge < -0.3 is 9.84 Å². The van der Waals surface area contributed by atoms with E-state index in [9.17, 15) is 5.11 Å². The zero-order chi connectivity index (χ0) is 12.8. The number of rotatable bonds is 6. The first-order chi connectivity index (χ1) is 8.80. The predicted molar refractivity (Wildman–Crippen MR) is 70.9 cm³/mol. The number of aliphatic hydroxyl groups is 1. The van der Waals surface area contributed by atoms with Crippen LogP contribution < -0.4 is 0 Å². The summed E-state index contributed by atoms with van der Waals surface area (Å²) in [7, 11) is 0. The molecule has 0 aromatic heterocycles. The van der Waals surface area contributed by atoms with Crippen LogP contribution in [0.5, 0.6) is 0 Å². The number of hydrogen-bond acceptors (Lipinski definition) is 3. The largest absolute Gasteiger partial charge is 0.395 e. The molecule has 2 rings (SSSR count). The van der Waals surface area contributed by atoms with Gasteiger partial charge in [-0.15, -0.1) is 12.3 Å². The van der Waals surface area contributed by atoms with Gasteiger partial charge in [0, 0.05) is 19.5 Å². The molecule has 0 spiro atoms. The van der Waals surface area contributed by atoms with Gasteiger partial charge in [-0.2, -0.15) is 0 Å². The van der Waals surface area contributed by atoms with Crippen LogP contribution in [0.4, 0.5) is 0 Å². The SMILES string of the molecule is C#CCC1(N(CCO)Cc2ccccc2)COC1. The second-order valence-electron chi connectivity index (χ2n) is 4.73. The van der Waals surface area contributed by atoms with Gasteiger partial charge in [-0.1, -0.05) is 30.3 Å². The summed E-state index contributed by atoms with van der Waals surface area (Å²) in [6, 6.07) is 10.2. The average molecular weight is 245 g/mol. The second-order valence-corrected chi connectivity index (χ2v) is 4.73. The van der Waals surface area contributed by atoms with E-state index >= 15 is 0 Å².